The van der Waals surface area contributed by atoms with Crippen LogP contribution < -0.4 is 5.32 Å². The number of carbonyl (C=O) groups is 1. The zero-order chi connectivity index (χ0) is 25.7. The fraction of sp³-hybridized carbons (Fsp3) is 0.156. The van der Waals surface area contributed by atoms with Crippen molar-refractivity contribution in [3.05, 3.63) is 107 Å². The minimum atomic E-state index is -0.272. The van der Waals surface area contributed by atoms with Crippen molar-refractivity contribution >= 4 is 28.6 Å². The van der Waals surface area contributed by atoms with E-state index in [0.717, 1.165) is 66.9 Å². The standard InChI is InChI=1S/C32H28FN3O/c1-18(2)29-30(19(3)35-31(29)27-16-22(33)17-28-24(27)12-13-34-28)25-11-7-8-20-14-21(15-26(20)25)32(37)36-23-9-5-4-6-10-23/h4-13,15-18,34-35H,14H2,1-3H3,(H,36,37). The first kappa shape index (κ1) is 23.0. The molecule has 5 aromatic rings. The Morgan fingerprint density at radius 1 is 1.00 bits per heavy atom. The van der Waals surface area contributed by atoms with Crippen LogP contribution in [0.3, 0.4) is 0 Å². The van der Waals surface area contributed by atoms with E-state index in [1.807, 2.05) is 48.7 Å². The van der Waals surface area contributed by atoms with Gasteiger partial charge in [0.05, 0.1) is 5.69 Å². The molecule has 0 bridgehead atoms. The van der Waals surface area contributed by atoms with Gasteiger partial charge in [-0.05, 0) is 71.5 Å². The number of H-pyrrole nitrogens is 2. The fourth-order valence-corrected chi connectivity index (χ4v) is 5.58. The molecule has 1 aliphatic carbocycles. The molecule has 0 saturated carbocycles. The number of hydrogen-bond acceptors (Lipinski definition) is 1. The third kappa shape index (κ3) is 3.97. The molecule has 0 atom stereocenters. The van der Waals surface area contributed by atoms with Crippen LogP contribution in [0, 0.1) is 12.7 Å². The van der Waals surface area contributed by atoms with Gasteiger partial charge in [0, 0.05) is 51.6 Å². The first-order chi connectivity index (χ1) is 17.9. The van der Waals surface area contributed by atoms with Gasteiger partial charge in [-0.25, -0.2) is 4.39 Å². The molecule has 0 radical (unpaired) electrons. The van der Waals surface area contributed by atoms with Crippen LogP contribution in [0.2, 0.25) is 0 Å². The van der Waals surface area contributed by atoms with Crippen LogP contribution in [0.4, 0.5) is 10.1 Å². The van der Waals surface area contributed by atoms with Gasteiger partial charge >= 0.3 is 0 Å². The van der Waals surface area contributed by atoms with Gasteiger partial charge in [-0.1, -0.05) is 50.2 Å². The molecule has 184 valence electrons. The maximum absolute atomic E-state index is 14.6. The van der Waals surface area contributed by atoms with Crippen molar-refractivity contribution in [2.75, 3.05) is 5.32 Å². The number of benzene rings is 3. The van der Waals surface area contributed by atoms with E-state index in [2.05, 4.69) is 54.3 Å². The Balaban J connectivity index is 1.47. The number of hydrogen-bond donors (Lipinski definition) is 3. The van der Waals surface area contributed by atoms with Crippen molar-refractivity contribution in [2.45, 2.75) is 33.1 Å². The van der Waals surface area contributed by atoms with Crippen molar-refractivity contribution in [3.8, 4) is 22.4 Å². The van der Waals surface area contributed by atoms with Gasteiger partial charge < -0.3 is 15.3 Å². The Morgan fingerprint density at radius 2 is 1.81 bits per heavy atom. The number of aromatic amines is 2. The van der Waals surface area contributed by atoms with Gasteiger partial charge in [-0.2, -0.15) is 0 Å². The molecular weight excluding hydrogens is 461 g/mol. The van der Waals surface area contributed by atoms with Gasteiger partial charge in [0.2, 0.25) is 0 Å². The number of rotatable bonds is 5. The molecule has 0 unspecified atom stereocenters. The van der Waals surface area contributed by atoms with Crippen molar-refractivity contribution < 1.29 is 9.18 Å². The maximum atomic E-state index is 14.6. The first-order valence-electron chi connectivity index (χ1n) is 12.6. The molecule has 4 nitrogen and oxygen atoms in total. The molecule has 2 aromatic heterocycles. The van der Waals surface area contributed by atoms with E-state index < -0.39 is 0 Å². The maximum Gasteiger partial charge on any atom is 0.251 e. The van der Waals surface area contributed by atoms with E-state index in [1.54, 1.807) is 6.07 Å². The number of amides is 1. The Bertz CT molecular complexity index is 1690. The fourth-order valence-electron chi connectivity index (χ4n) is 5.58. The van der Waals surface area contributed by atoms with E-state index in [-0.39, 0.29) is 17.6 Å². The molecule has 6 rings (SSSR count). The average molecular weight is 490 g/mol. The van der Waals surface area contributed by atoms with Crippen LogP contribution in [0.1, 0.15) is 42.1 Å². The van der Waals surface area contributed by atoms with Gasteiger partial charge in [0.25, 0.3) is 5.91 Å². The second-order valence-electron chi connectivity index (χ2n) is 10.0. The second kappa shape index (κ2) is 8.93. The van der Waals surface area contributed by atoms with Gasteiger partial charge in [-0.15, -0.1) is 0 Å². The predicted octanol–water partition coefficient (Wildman–Crippen LogP) is 7.98. The van der Waals surface area contributed by atoms with Crippen molar-refractivity contribution in [1.82, 2.24) is 9.97 Å². The van der Waals surface area contributed by atoms with Crippen molar-refractivity contribution in [1.29, 1.82) is 0 Å². The third-order valence-corrected chi connectivity index (χ3v) is 7.20. The summed E-state index contributed by atoms with van der Waals surface area (Å²) in [4.78, 5) is 19.8. The Kier molecular flexibility index (Phi) is 5.56. The topological polar surface area (TPSA) is 60.7 Å². The lowest BCUT2D eigenvalue weighted by Crippen LogP contribution is -2.14. The third-order valence-electron chi connectivity index (χ3n) is 7.20. The summed E-state index contributed by atoms with van der Waals surface area (Å²) in [6.07, 6.45) is 4.45. The van der Waals surface area contributed by atoms with Crippen molar-refractivity contribution in [3.63, 3.8) is 0 Å². The van der Waals surface area contributed by atoms with Gasteiger partial charge in [0.15, 0.2) is 0 Å². The highest BCUT2D eigenvalue weighted by Gasteiger charge is 2.27. The quantitative estimate of drug-likeness (QED) is 0.230. The second-order valence-corrected chi connectivity index (χ2v) is 10.0. The smallest absolute Gasteiger partial charge is 0.251 e. The lowest BCUT2D eigenvalue weighted by atomic mass is 9.88. The van der Waals surface area contributed by atoms with Crippen LogP contribution in [-0.4, -0.2) is 15.9 Å². The molecule has 5 heteroatoms. The summed E-state index contributed by atoms with van der Waals surface area (Å²) < 4.78 is 14.6. The lowest BCUT2D eigenvalue weighted by Gasteiger charge is -2.15. The van der Waals surface area contributed by atoms with Gasteiger partial charge in [0.1, 0.15) is 5.82 Å². The van der Waals surface area contributed by atoms with E-state index >= 15 is 0 Å². The SMILES string of the molecule is Cc1[nH]c(-c2cc(F)cc3[nH]ccc23)c(C(C)C)c1-c1cccc2c1C=C(C(=O)Nc1ccccc1)C2. The van der Waals surface area contributed by atoms with E-state index in [0.29, 0.717) is 6.42 Å². The number of carbonyl (C=O) groups excluding carboxylic acids is 1. The molecule has 1 aliphatic rings. The summed E-state index contributed by atoms with van der Waals surface area (Å²) in [6.45, 7) is 6.40. The summed E-state index contributed by atoms with van der Waals surface area (Å²) >= 11 is 0. The predicted molar refractivity (Wildman–Crippen MR) is 149 cm³/mol. The first-order valence-corrected chi connectivity index (χ1v) is 12.6. The van der Waals surface area contributed by atoms with Crippen LogP contribution >= 0.6 is 0 Å². The molecule has 0 fully saturated rings. The van der Waals surface area contributed by atoms with Crippen LogP contribution in [0.5, 0.6) is 0 Å². The number of para-hydroxylation sites is 1. The minimum Gasteiger partial charge on any atom is -0.361 e. The molecule has 0 saturated heterocycles. The number of aryl methyl sites for hydroxylation is 1. The number of nitrogens with one attached hydrogen (secondary N) is 3. The molecule has 2 heterocycles. The molecule has 0 spiro atoms. The highest BCUT2D eigenvalue weighted by Crippen LogP contribution is 2.44. The largest absolute Gasteiger partial charge is 0.361 e. The highest BCUT2D eigenvalue weighted by atomic mass is 19.1. The summed E-state index contributed by atoms with van der Waals surface area (Å²) in [5.74, 6) is -0.168. The highest BCUT2D eigenvalue weighted by molar-refractivity contribution is 6.09. The summed E-state index contributed by atoms with van der Waals surface area (Å²) in [5, 5.41) is 3.99. The normalized spacial score (nSPS) is 12.7. The van der Waals surface area contributed by atoms with E-state index in [4.69, 9.17) is 0 Å². The molecule has 1 amide bonds. The Labute approximate surface area is 215 Å². The van der Waals surface area contributed by atoms with E-state index in [9.17, 15) is 9.18 Å². The minimum absolute atomic E-state index is 0.0847. The molecule has 3 N–H and O–H groups in total. The molecular formula is C32H28FN3O. The lowest BCUT2D eigenvalue weighted by molar-refractivity contribution is -0.112. The number of aromatic nitrogens is 2. The number of halogens is 1. The average Bonchev–Trinajstić information content (AvgIpc) is 3.60. The monoisotopic (exact) mass is 489 g/mol. The van der Waals surface area contributed by atoms with Gasteiger partial charge in [-0.3, -0.25) is 4.79 Å². The molecule has 3 aromatic carbocycles. The summed E-state index contributed by atoms with van der Waals surface area (Å²) in [5.41, 5.74) is 10.7. The van der Waals surface area contributed by atoms with E-state index in [1.165, 1.54) is 6.07 Å². The zero-order valence-corrected chi connectivity index (χ0v) is 21.1. The summed E-state index contributed by atoms with van der Waals surface area (Å²) in [6, 6.07) is 20.9. The number of fused-ring (bicyclic) bond motifs is 2. The Morgan fingerprint density at radius 3 is 2.59 bits per heavy atom. The van der Waals surface area contributed by atoms with Crippen LogP contribution in [-0.2, 0) is 11.2 Å². The Hall–Kier alpha value is -4.38. The van der Waals surface area contributed by atoms with Crippen LogP contribution in [0.15, 0.2) is 78.5 Å². The zero-order valence-electron chi connectivity index (χ0n) is 21.1. The van der Waals surface area contributed by atoms with Crippen molar-refractivity contribution in [2.24, 2.45) is 0 Å². The van der Waals surface area contributed by atoms with Crippen LogP contribution in [0.25, 0.3) is 39.4 Å². The summed E-state index contributed by atoms with van der Waals surface area (Å²) in [7, 11) is 0. The molecule has 37 heavy (non-hydrogen) atoms. The molecule has 0 aliphatic heterocycles. The number of anilines is 1.